The van der Waals surface area contributed by atoms with Crippen molar-refractivity contribution in [1.29, 1.82) is 0 Å². The molecular weight excluding hydrogens is 349 g/mol. The van der Waals surface area contributed by atoms with Gasteiger partial charge in [-0.1, -0.05) is 0 Å². The summed E-state index contributed by atoms with van der Waals surface area (Å²) in [6.07, 6.45) is 1.34. The van der Waals surface area contributed by atoms with Gasteiger partial charge in [0.15, 0.2) is 0 Å². The van der Waals surface area contributed by atoms with Crippen LogP contribution in [0.3, 0.4) is 0 Å². The number of nitrogens with zero attached hydrogens (tertiary/aromatic N) is 4. The molecule has 3 aliphatic heterocycles. The monoisotopic (exact) mass is 375 g/mol. The zero-order chi connectivity index (χ0) is 19.0. The molecule has 0 radical (unpaired) electrons. The lowest BCUT2D eigenvalue weighted by molar-refractivity contribution is -0.134. The quantitative estimate of drug-likeness (QED) is 0.797. The SMILES string of the molecule is CN1CCC2(CC1)NC(=O)N(CN1CCN(c3ccc(F)cc3)CC1)C2=O. The van der Waals surface area contributed by atoms with Gasteiger partial charge in [0, 0.05) is 45.0 Å². The Bertz CT molecular complexity index is 709. The number of rotatable bonds is 3. The lowest BCUT2D eigenvalue weighted by atomic mass is 9.88. The molecule has 0 bridgehead atoms. The number of carbonyl (C=O) groups excluding carboxylic acids is 2. The van der Waals surface area contributed by atoms with Crippen molar-refractivity contribution in [2.24, 2.45) is 0 Å². The Labute approximate surface area is 158 Å². The van der Waals surface area contributed by atoms with Gasteiger partial charge in [0.25, 0.3) is 5.91 Å². The fraction of sp³-hybridized carbons (Fsp3) is 0.579. The summed E-state index contributed by atoms with van der Waals surface area (Å²) in [5.74, 6) is -0.319. The van der Waals surface area contributed by atoms with Gasteiger partial charge >= 0.3 is 6.03 Å². The third kappa shape index (κ3) is 3.51. The van der Waals surface area contributed by atoms with E-state index in [-0.39, 0.29) is 17.8 Å². The van der Waals surface area contributed by atoms with Gasteiger partial charge < -0.3 is 15.1 Å². The fourth-order valence-electron chi connectivity index (χ4n) is 4.14. The molecule has 3 amide bonds. The highest BCUT2D eigenvalue weighted by atomic mass is 19.1. The van der Waals surface area contributed by atoms with Gasteiger partial charge in [0.05, 0.1) is 6.67 Å². The Balaban J connectivity index is 1.34. The second-order valence-corrected chi connectivity index (χ2v) is 7.77. The Morgan fingerprint density at radius 3 is 2.26 bits per heavy atom. The predicted octanol–water partition coefficient (Wildman–Crippen LogP) is 0.921. The summed E-state index contributed by atoms with van der Waals surface area (Å²) in [5.41, 5.74) is 0.288. The number of piperidine rings is 1. The van der Waals surface area contributed by atoms with Crippen LogP contribution in [0.4, 0.5) is 14.9 Å². The van der Waals surface area contributed by atoms with Crippen LogP contribution in [-0.4, -0.2) is 85.2 Å². The summed E-state index contributed by atoms with van der Waals surface area (Å²) < 4.78 is 13.1. The first-order valence-electron chi connectivity index (χ1n) is 9.52. The minimum atomic E-state index is -0.709. The van der Waals surface area contributed by atoms with Gasteiger partial charge in [-0.2, -0.15) is 0 Å². The highest BCUT2D eigenvalue weighted by Gasteiger charge is 2.52. The molecule has 1 N–H and O–H groups in total. The van der Waals surface area contributed by atoms with Gasteiger partial charge in [-0.3, -0.25) is 9.69 Å². The van der Waals surface area contributed by atoms with Crippen LogP contribution in [0.2, 0.25) is 0 Å². The van der Waals surface area contributed by atoms with Crippen molar-refractivity contribution in [2.75, 3.05) is 57.9 Å². The standard InChI is InChI=1S/C19H26FN5O2/c1-22-8-6-19(7-9-22)17(26)25(18(27)21-19)14-23-10-12-24(13-11-23)16-4-2-15(20)3-5-16/h2-5H,6-14H2,1H3,(H,21,27). The molecule has 0 unspecified atom stereocenters. The van der Waals surface area contributed by atoms with Crippen molar-refractivity contribution < 1.29 is 14.0 Å². The number of amides is 3. The zero-order valence-corrected chi connectivity index (χ0v) is 15.7. The topological polar surface area (TPSA) is 59.1 Å². The summed E-state index contributed by atoms with van der Waals surface area (Å²) >= 11 is 0. The number of benzene rings is 1. The van der Waals surface area contributed by atoms with Gasteiger partial charge in [0.1, 0.15) is 11.4 Å². The second kappa shape index (κ2) is 7.09. The van der Waals surface area contributed by atoms with E-state index < -0.39 is 5.54 Å². The number of urea groups is 1. The van der Waals surface area contributed by atoms with E-state index in [2.05, 4.69) is 20.0 Å². The number of nitrogens with one attached hydrogen (secondary N) is 1. The van der Waals surface area contributed by atoms with E-state index in [0.29, 0.717) is 19.5 Å². The molecule has 0 atom stereocenters. The molecule has 1 aromatic rings. The van der Waals surface area contributed by atoms with E-state index in [1.165, 1.54) is 17.0 Å². The van der Waals surface area contributed by atoms with Crippen molar-refractivity contribution in [1.82, 2.24) is 20.0 Å². The van der Waals surface area contributed by atoms with E-state index in [9.17, 15) is 14.0 Å². The molecule has 0 aromatic heterocycles. The van der Waals surface area contributed by atoms with Crippen molar-refractivity contribution in [3.63, 3.8) is 0 Å². The van der Waals surface area contributed by atoms with Crippen molar-refractivity contribution in [3.8, 4) is 0 Å². The molecule has 0 saturated carbocycles. The van der Waals surface area contributed by atoms with E-state index in [1.807, 2.05) is 7.05 Å². The van der Waals surface area contributed by atoms with Crippen molar-refractivity contribution in [3.05, 3.63) is 30.1 Å². The summed E-state index contributed by atoms with van der Waals surface area (Å²) in [6.45, 7) is 5.04. The minimum Gasteiger partial charge on any atom is -0.369 e. The highest BCUT2D eigenvalue weighted by molar-refractivity contribution is 6.07. The Kier molecular flexibility index (Phi) is 4.77. The van der Waals surface area contributed by atoms with Crippen LogP contribution < -0.4 is 10.2 Å². The smallest absolute Gasteiger partial charge is 0.326 e. The fourth-order valence-corrected chi connectivity index (χ4v) is 4.14. The van der Waals surface area contributed by atoms with Crippen LogP contribution in [0.25, 0.3) is 0 Å². The molecule has 27 heavy (non-hydrogen) atoms. The summed E-state index contributed by atoms with van der Waals surface area (Å²) in [6, 6.07) is 6.23. The van der Waals surface area contributed by atoms with E-state index in [0.717, 1.165) is 45.0 Å². The maximum Gasteiger partial charge on any atom is 0.326 e. The van der Waals surface area contributed by atoms with Crippen LogP contribution in [0.5, 0.6) is 0 Å². The number of carbonyl (C=O) groups is 2. The molecule has 3 fully saturated rings. The third-order valence-corrected chi connectivity index (χ3v) is 5.99. The lowest BCUT2D eigenvalue weighted by Gasteiger charge is -2.38. The largest absolute Gasteiger partial charge is 0.369 e. The molecule has 0 aliphatic carbocycles. The summed E-state index contributed by atoms with van der Waals surface area (Å²) in [5, 5.41) is 2.96. The van der Waals surface area contributed by atoms with Gasteiger partial charge in [-0.25, -0.2) is 14.1 Å². The normalized spacial score (nSPS) is 23.9. The Morgan fingerprint density at radius 2 is 1.63 bits per heavy atom. The van der Waals surface area contributed by atoms with E-state index in [4.69, 9.17) is 0 Å². The average Bonchev–Trinajstić information content (AvgIpc) is 2.90. The minimum absolute atomic E-state index is 0.0819. The molecule has 146 valence electrons. The van der Waals surface area contributed by atoms with Crippen LogP contribution in [0.15, 0.2) is 24.3 Å². The first kappa shape index (κ1) is 18.2. The average molecular weight is 375 g/mol. The predicted molar refractivity (Wildman–Crippen MR) is 99.9 cm³/mol. The molecular formula is C19H26FN5O2. The number of anilines is 1. The molecule has 3 saturated heterocycles. The summed E-state index contributed by atoms with van der Waals surface area (Å²) in [4.78, 5) is 33.3. The molecule has 7 nitrogen and oxygen atoms in total. The Morgan fingerprint density at radius 1 is 1.00 bits per heavy atom. The van der Waals surface area contributed by atoms with Crippen LogP contribution in [0.1, 0.15) is 12.8 Å². The molecule has 1 spiro atoms. The number of hydrogen-bond donors (Lipinski definition) is 1. The van der Waals surface area contributed by atoms with Crippen molar-refractivity contribution >= 4 is 17.6 Å². The van der Waals surface area contributed by atoms with Gasteiger partial charge in [0.2, 0.25) is 0 Å². The lowest BCUT2D eigenvalue weighted by Crippen LogP contribution is -2.55. The van der Waals surface area contributed by atoms with Crippen LogP contribution in [0, 0.1) is 5.82 Å². The number of halogens is 1. The number of piperazine rings is 1. The molecule has 4 rings (SSSR count). The second-order valence-electron chi connectivity index (χ2n) is 7.77. The number of imide groups is 1. The highest BCUT2D eigenvalue weighted by Crippen LogP contribution is 2.29. The van der Waals surface area contributed by atoms with Crippen LogP contribution >= 0.6 is 0 Å². The first-order chi connectivity index (χ1) is 13.0. The summed E-state index contributed by atoms with van der Waals surface area (Å²) in [7, 11) is 2.03. The van der Waals surface area contributed by atoms with Crippen LogP contribution in [-0.2, 0) is 4.79 Å². The maximum atomic E-state index is 13.1. The van der Waals surface area contributed by atoms with Gasteiger partial charge in [-0.15, -0.1) is 0 Å². The number of likely N-dealkylation sites (tertiary alicyclic amines) is 1. The molecule has 1 aromatic carbocycles. The third-order valence-electron chi connectivity index (χ3n) is 5.99. The molecule has 8 heteroatoms. The Hall–Kier alpha value is -2.19. The molecule has 3 aliphatic rings. The zero-order valence-electron chi connectivity index (χ0n) is 15.7. The van der Waals surface area contributed by atoms with E-state index >= 15 is 0 Å². The van der Waals surface area contributed by atoms with E-state index in [1.54, 1.807) is 12.1 Å². The molecule has 3 heterocycles. The van der Waals surface area contributed by atoms with Crippen molar-refractivity contribution in [2.45, 2.75) is 18.4 Å². The first-order valence-corrected chi connectivity index (χ1v) is 9.52. The van der Waals surface area contributed by atoms with Gasteiger partial charge in [-0.05, 0) is 44.2 Å². The maximum absolute atomic E-state index is 13.1. The number of hydrogen-bond acceptors (Lipinski definition) is 5.